The van der Waals surface area contributed by atoms with Crippen LogP contribution in [0.5, 0.6) is 0 Å². The molecule has 0 aliphatic heterocycles. The summed E-state index contributed by atoms with van der Waals surface area (Å²) in [4.78, 5) is 0. The van der Waals surface area contributed by atoms with Gasteiger partial charge in [0.25, 0.3) is 0 Å². The lowest BCUT2D eigenvalue weighted by Gasteiger charge is -2.17. The molecule has 1 unspecified atom stereocenters. The molecule has 1 aromatic rings. The predicted octanol–water partition coefficient (Wildman–Crippen LogP) is 4.54. The lowest BCUT2D eigenvalue weighted by atomic mass is 10.1. The van der Waals surface area contributed by atoms with Gasteiger partial charge < -0.3 is 5.32 Å². The second-order valence-corrected chi connectivity index (χ2v) is 5.55. The van der Waals surface area contributed by atoms with Crippen molar-refractivity contribution >= 4 is 35.0 Å². The Balaban J connectivity index is 2.68. The molecule has 0 amide bonds. The molecule has 0 saturated heterocycles. The van der Waals surface area contributed by atoms with Crippen LogP contribution in [-0.2, 0) is 0 Å². The quantitative estimate of drug-likeness (QED) is 0.611. The zero-order valence-corrected chi connectivity index (χ0v) is 12.2. The number of halogens is 3. The maximum absolute atomic E-state index is 13.3. The van der Waals surface area contributed by atoms with Crippen LogP contribution in [0, 0.1) is 5.82 Å². The Morgan fingerprint density at radius 2 is 2.12 bits per heavy atom. The third-order valence-electron chi connectivity index (χ3n) is 2.49. The van der Waals surface area contributed by atoms with Crippen LogP contribution in [0.3, 0.4) is 0 Å². The maximum Gasteiger partial charge on any atom is 0.142 e. The number of rotatable bonds is 6. The smallest absolute Gasteiger partial charge is 0.142 e. The van der Waals surface area contributed by atoms with Gasteiger partial charge in [0.1, 0.15) is 5.82 Å². The van der Waals surface area contributed by atoms with Gasteiger partial charge in [0.05, 0.1) is 5.02 Å². The van der Waals surface area contributed by atoms with Gasteiger partial charge in [-0.15, -0.1) is 0 Å². The van der Waals surface area contributed by atoms with Crippen molar-refractivity contribution < 1.29 is 4.39 Å². The van der Waals surface area contributed by atoms with Gasteiger partial charge in [-0.3, -0.25) is 0 Å². The van der Waals surface area contributed by atoms with Crippen LogP contribution >= 0.6 is 35.0 Å². The second-order valence-electron chi connectivity index (χ2n) is 3.78. The number of hydrogen-bond donors (Lipinski definition) is 1. The number of benzene rings is 1. The zero-order chi connectivity index (χ0) is 12.8. The summed E-state index contributed by atoms with van der Waals surface area (Å²) in [6.45, 7) is 2.80. The molecule has 1 nitrogen and oxygen atoms in total. The van der Waals surface area contributed by atoms with Gasteiger partial charge in [0, 0.05) is 16.6 Å². The molecule has 0 fully saturated rings. The Bertz CT molecular complexity index is 374. The lowest BCUT2D eigenvalue weighted by molar-refractivity contribution is 0.564. The van der Waals surface area contributed by atoms with E-state index >= 15 is 0 Å². The van der Waals surface area contributed by atoms with E-state index in [1.165, 1.54) is 12.1 Å². The van der Waals surface area contributed by atoms with Crippen LogP contribution < -0.4 is 5.32 Å². The Morgan fingerprint density at radius 1 is 1.41 bits per heavy atom. The molecule has 96 valence electrons. The summed E-state index contributed by atoms with van der Waals surface area (Å²) in [5.41, 5.74) is 0.637. The van der Waals surface area contributed by atoms with Gasteiger partial charge in [0.15, 0.2) is 0 Å². The first-order chi connectivity index (χ1) is 8.07. The molecule has 0 radical (unpaired) electrons. The van der Waals surface area contributed by atoms with E-state index in [1.807, 2.05) is 6.92 Å². The van der Waals surface area contributed by atoms with Gasteiger partial charge >= 0.3 is 0 Å². The van der Waals surface area contributed by atoms with Crippen molar-refractivity contribution in [3.63, 3.8) is 0 Å². The molecule has 0 saturated carbocycles. The highest BCUT2D eigenvalue weighted by Gasteiger charge is 2.16. The average molecular weight is 296 g/mol. The van der Waals surface area contributed by atoms with Gasteiger partial charge in [0.2, 0.25) is 0 Å². The topological polar surface area (TPSA) is 12.0 Å². The third kappa shape index (κ3) is 4.32. The fourth-order valence-electron chi connectivity index (χ4n) is 1.58. The fraction of sp³-hybridized carbons (Fsp3) is 0.500. The molecule has 1 atom stereocenters. The molecule has 0 aliphatic rings. The van der Waals surface area contributed by atoms with Crippen molar-refractivity contribution in [2.45, 2.75) is 19.4 Å². The monoisotopic (exact) mass is 295 g/mol. The van der Waals surface area contributed by atoms with E-state index < -0.39 is 5.82 Å². The Labute approximate surface area is 116 Å². The van der Waals surface area contributed by atoms with Crippen molar-refractivity contribution in [1.82, 2.24) is 5.32 Å². The van der Waals surface area contributed by atoms with E-state index in [-0.39, 0.29) is 11.1 Å². The van der Waals surface area contributed by atoms with Crippen LogP contribution in [0.2, 0.25) is 10.0 Å². The lowest BCUT2D eigenvalue weighted by Crippen LogP contribution is -2.21. The molecular weight excluding hydrogens is 280 g/mol. The summed E-state index contributed by atoms with van der Waals surface area (Å²) < 4.78 is 13.3. The summed E-state index contributed by atoms with van der Waals surface area (Å²) in [6.07, 6.45) is 3.14. The first-order valence-corrected chi connectivity index (χ1v) is 7.58. The van der Waals surface area contributed by atoms with E-state index in [0.717, 1.165) is 18.7 Å². The third-order valence-corrected chi connectivity index (χ3v) is 3.90. The first kappa shape index (κ1) is 15.1. The molecule has 1 aromatic carbocycles. The van der Waals surface area contributed by atoms with Gasteiger partial charge in [-0.1, -0.05) is 23.2 Å². The van der Waals surface area contributed by atoms with Gasteiger partial charge in [-0.25, -0.2) is 4.39 Å². The largest absolute Gasteiger partial charge is 0.310 e. The van der Waals surface area contributed by atoms with Crippen LogP contribution in [0.1, 0.15) is 24.9 Å². The maximum atomic E-state index is 13.3. The minimum absolute atomic E-state index is 0.0486. The molecule has 17 heavy (non-hydrogen) atoms. The van der Waals surface area contributed by atoms with Crippen LogP contribution in [0.15, 0.2) is 12.1 Å². The Kier molecular flexibility index (Phi) is 6.63. The summed E-state index contributed by atoms with van der Waals surface area (Å²) in [5, 5.41) is 3.91. The number of thioether (sulfide) groups is 1. The van der Waals surface area contributed by atoms with E-state index in [2.05, 4.69) is 11.6 Å². The molecular formula is C12H16Cl2FNS. The molecule has 1 rings (SSSR count). The van der Waals surface area contributed by atoms with Crippen molar-refractivity contribution in [1.29, 1.82) is 0 Å². The second kappa shape index (κ2) is 7.47. The van der Waals surface area contributed by atoms with Crippen LogP contribution in [0.4, 0.5) is 4.39 Å². The van der Waals surface area contributed by atoms with E-state index in [1.54, 1.807) is 11.8 Å². The Hall–Kier alpha value is 0.0400. The highest BCUT2D eigenvalue weighted by atomic mass is 35.5. The standard InChI is InChI=1S/C12H16Cl2FNS/c1-8(16-6-3-7-17-2)11-9(13)4-5-10(15)12(11)14/h4-5,8,16H,3,6-7H2,1-2H3. The van der Waals surface area contributed by atoms with E-state index in [4.69, 9.17) is 23.2 Å². The average Bonchev–Trinajstić information content (AvgIpc) is 2.30. The molecule has 0 bridgehead atoms. The van der Waals surface area contributed by atoms with E-state index in [9.17, 15) is 4.39 Å². The normalized spacial score (nSPS) is 12.8. The summed E-state index contributed by atoms with van der Waals surface area (Å²) >= 11 is 13.8. The van der Waals surface area contributed by atoms with Gasteiger partial charge in [-0.05, 0) is 44.0 Å². The molecule has 0 heterocycles. The molecule has 5 heteroatoms. The summed E-state index contributed by atoms with van der Waals surface area (Å²) in [5.74, 6) is 0.675. The molecule has 0 aromatic heterocycles. The Morgan fingerprint density at radius 3 is 2.76 bits per heavy atom. The molecule has 0 spiro atoms. The van der Waals surface area contributed by atoms with Crippen molar-refractivity contribution in [3.8, 4) is 0 Å². The zero-order valence-electron chi connectivity index (χ0n) is 9.90. The van der Waals surface area contributed by atoms with E-state index in [0.29, 0.717) is 10.6 Å². The SMILES string of the molecule is CSCCCNC(C)c1c(Cl)ccc(F)c1Cl. The van der Waals surface area contributed by atoms with Crippen LogP contribution in [0.25, 0.3) is 0 Å². The minimum Gasteiger partial charge on any atom is -0.310 e. The van der Waals surface area contributed by atoms with Crippen molar-refractivity contribution in [3.05, 3.63) is 33.6 Å². The first-order valence-electron chi connectivity index (χ1n) is 5.43. The molecule has 1 N–H and O–H groups in total. The highest BCUT2D eigenvalue weighted by Crippen LogP contribution is 2.32. The van der Waals surface area contributed by atoms with Crippen molar-refractivity contribution in [2.24, 2.45) is 0 Å². The van der Waals surface area contributed by atoms with Gasteiger partial charge in [-0.2, -0.15) is 11.8 Å². The number of nitrogens with one attached hydrogen (secondary N) is 1. The predicted molar refractivity (Wildman–Crippen MR) is 75.8 cm³/mol. The van der Waals surface area contributed by atoms with Crippen LogP contribution in [-0.4, -0.2) is 18.6 Å². The highest BCUT2D eigenvalue weighted by molar-refractivity contribution is 7.98. The summed E-state index contributed by atoms with van der Waals surface area (Å²) in [6, 6.07) is 2.78. The summed E-state index contributed by atoms with van der Waals surface area (Å²) in [7, 11) is 0. The number of hydrogen-bond acceptors (Lipinski definition) is 2. The van der Waals surface area contributed by atoms with Crippen molar-refractivity contribution in [2.75, 3.05) is 18.6 Å². The molecule has 0 aliphatic carbocycles. The fourth-order valence-corrected chi connectivity index (χ4v) is 2.71. The minimum atomic E-state index is -0.427.